The third-order valence-corrected chi connectivity index (χ3v) is 6.36. The van der Waals surface area contributed by atoms with Crippen molar-refractivity contribution in [1.82, 2.24) is 9.62 Å². The number of alkyl halides is 1. The van der Waals surface area contributed by atoms with E-state index < -0.39 is 39.8 Å². The minimum atomic E-state index is -3.59. The number of carbonyl (C=O) groups excluding carboxylic acids is 1. The monoisotopic (exact) mass is 438 g/mol. The molecule has 0 radical (unpaired) electrons. The zero-order valence-electron chi connectivity index (χ0n) is 16.2. The smallest absolute Gasteiger partial charge is 0.226 e. The molecule has 0 spiro atoms. The van der Waals surface area contributed by atoms with Crippen molar-refractivity contribution in [2.45, 2.75) is 24.6 Å². The molecule has 2 aromatic rings. The van der Waals surface area contributed by atoms with Gasteiger partial charge in [-0.15, -0.1) is 0 Å². The van der Waals surface area contributed by atoms with E-state index in [-0.39, 0.29) is 30.5 Å². The van der Waals surface area contributed by atoms with Crippen LogP contribution in [0.25, 0.3) is 11.1 Å². The van der Waals surface area contributed by atoms with Crippen molar-refractivity contribution in [3.8, 4) is 11.1 Å². The maximum Gasteiger partial charge on any atom is 0.226 e. The Morgan fingerprint density at radius 1 is 1.07 bits per heavy atom. The Balaban J connectivity index is 1.53. The van der Waals surface area contributed by atoms with E-state index in [1.54, 1.807) is 24.3 Å². The molecule has 1 heterocycles. The van der Waals surface area contributed by atoms with Gasteiger partial charge in [-0.2, -0.15) is 0 Å². The molecule has 2 aliphatic rings. The van der Waals surface area contributed by atoms with Crippen molar-refractivity contribution in [3.63, 3.8) is 0 Å². The summed E-state index contributed by atoms with van der Waals surface area (Å²) in [6, 6.07) is 9.49. The van der Waals surface area contributed by atoms with Crippen molar-refractivity contribution in [2.75, 3.05) is 19.3 Å². The molecule has 4 rings (SSSR count). The van der Waals surface area contributed by atoms with Crippen LogP contribution in [0.5, 0.6) is 0 Å². The fraction of sp³-hybridized carbons (Fsp3) is 0.381. The van der Waals surface area contributed by atoms with E-state index in [1.165, 1.54) is 23.1 Å². The maximum absolute atomic E-state index is 14.3. The molecule has 1 saturated carbocycles. The number of nitrogens with zero attached hydrogens (tertiary/aromatic N) is 1. The van der Waals surface area contributed by atoms with Gasteiger partial charge in [-0.25, -0.2) is 26.3 Å². The molecule has 30 heavy (non-hydrogen) atoms. The second-order valence-electron chi connectivity index (χ2n) is 7.89. The molecule has 2 fully saturated rings. The molecule has 160 valence electrons. The normalized spacial score (nSPS) is 26.1. The number of benzene rings is 2. The van der Waals surface area contributed by atoms with E-state index in [4.69, 9.17) is 0 Å². The van der Waals surface area contributed by atoms with Crippen LogP contribution in [0.2, 0.25) is 0 Å². The summed E-state index contributed by atoms with van der Waals surface area (Å²) >= 11 is 0. The van der Waals surface area contributed by atoms with E-state index in [0.29, 0.717) is 17.5 Å². The number of likely N-dealkylation sites (tertiary alicyclic amines) is 1. The quantitative estimate of drug-likeness (QED) is 0.781. The summed E-state index contributed by atoms with van der Waals surface area (Å²) in [4.78, 5) is 14.2. The molecule has 0 unspecified atom stereocenters. The van der Waals surface area contributed by atoms with E-state index in [0.717, 1.165) is 6.26 Å². The second-order valence-corrected chi connectivity index (χ2v) is 9.67. The van der Waals surface area contributed by atoms with Gasteiger partial charge in [0, 0.05) is 12.5 Å². The second kappa shape index (κ2) is 7.70. The first-order valence-corrected chi connectivity index (χ1v) is 11.5. The topological polar surface area (TPSA) is 66.5 Å². The number of amides is 1. The Hall–Kier alpha value is -2.39. The van der Waals surface area contributed by atoms with Crippen LogP contribution >= 0.6 is 0 Å². The molecule has 5 nitrogen and oxygen atoms in total. The summed E-state index contributed by atoms with van der Waals surface area (Å²) in [5, 5.41) is 0. The van der Waals surface area contributed by atoms with Gasteiger partial charge in [-0.3, -0.25) is 4.79 Å². The fourth-order valence-electron chi connectivity index (χ4n) is 4.18. The number of carbonyl (C=O) groups is 1. The highest BCUT2D eigenvalue weighted by atomic mass is 32.2. The molecule has 2 aromatic carbocycles. The Morgan fingerprint density at radius 3 is 2.40 bits per heavy atom. The van der Waals surface area contributed by atoms with Crippen LogP contribution in [0.4, 0.5) is 13.2 Å². The van der Waals surface area contributed by atoms with Crippen molar-refractivity contribution in [2.24, 2.45) is 5.92 Å². The molecule has 9 heteroatoms. The standard InChI is InChI=1S/C21H21F3N2O3S/c1-30(28,29)25-19-11-26(10-18(19)24)21(27)15-9-14(15)12-5-2-3-6-13(12)20-16(22)7-4-8-17(20)23/h2-8,14-15,18-19,25H,9-11H2,1H3/t14-,15+,18+,19-/m0/s1. The summed E-state index contributed by atoms with van der Waals surface area (Å²) < 4.78 is 67.8. The van der Waals surface area contributed by atoms with Gasteiger partial charge in [-0.05, 0) is 35.6 Å². The number of sulfonamides is 1. The number of halogens is 3. The van der Waals surface area contributed by atoms with Crippen LogP contribution in [0.1, 0.15) is 17.9 Å². The fourth-order valence-corrected chi connectivity index (χ4v) is 4.95. The van der Waals surface area contributed by atoms with Crippen molar-refractivity contribution in [1.29, 1.82) is 0 Å². The van der Waals surface area contributed by atoms with Crippen molar-refractivity contribution in [3.05, 3.63) is 59.7 Å². The predicted octanol–water partition coefficient (Wildman–Crippen LogP) is 2.83. The highest BCUT2D eigenvalue weighted by molar-refractivity contribution is 7.88. The Bertz CT molecular complexity index is 1070. The molecular formula is C21H21F3N2O3S. The summed E-state index contributed by atoms with van der Waals surface area (Å²) in [5.41, 5.74) is 0.935. The molecular weight excluding hydrogens is 417 g/mol. The third kappa shape index (κ3) is 4.09. The summed E-state index contributed by atoms with van der Waals surface area (Å²) in [6.45, 7) is -0.224. The third-order valence-electron chi connectivity index (χ3n) is 5.63. The minimum absolute atomic E-state index is 0.0418. The first kappa shape index (κ1) is 20.9. The van der Waals surface area contributed by atoms with Crippen molar-refractivity contribution >= 4 is 15.9 Å². The summed E-state index contributed by atoms with van der Waals surface area (Å²) in [5.74, 6) is -2.29. The lowest BCUT2D eigenvalue weighted by atomic mass is 9.95. The average molecular weight is 438 g/mol. The molecule has 1 aliphatic carbocycles. The lowest BCUT2D eigenvalue weighted by Gasteiger charge is -2.17. The van der Waals surface area contributed by atoms with Crippen LogP contribution in [-0.4, -0.2) is 50.8 Å². The molecule has 1 N–H and O–H groups in total. The number of hydrogen-bond acceptors (Lipinski definition) is 3. The lowest BCUT2D eigenvalue weighted by molar-refractivity contribution is -0.131. The van der Waals surface area contributed by atoms with E-state index >= 15 is 0 Å². The molecule has 0 aromatic heterocycles. The van der Waals surface area contributed by atoms with Gasteiger partial charge in [0.05, 0.1) is 24.4 Å². The summed E-state index contributed by atoms with van der Waals surface area (Å²) in [7, 11) is -3.59. The minimum Gasteiger partial charge on any atom is -0.338 e. The first-order chi connectivity index (χ1) is 14.2. The van der Waals surface area contributed by atoms with Gasteiger partial charge in [0.1, 0.15) is 17.8 Å². The highest BCUT2D eigenvalue weighted by Crippen LogP contribution is 2.51. The van der Waals surface area contributed by atoms with Crippen LogP contribution in [0, 0.1) is 17.6 Å². The molecule has 4 atom stereocenters. The predicted molar refractivity (Wildman–Crippen MR) is 106 cm³/mol. The Morgan fingerprint density at radius 2 is 1.73 bits per heavy atom. The van der Waals surface area contributed by atoms with Gasteiger partial charge < -0.3 is 4.90 Å². The Kier molecular flexibility index (Phi) is 5.36. The van der Waals surface area contributed by atoms with Gasteiger partial charge >= 0.3 is 0 Å². The number of nitrogens with one attached hydrogen (secondary N) is 1. The Labute approximate surface area is 172 Å². The van der Waals surface area contributed by atoms with Crippen molar-refractivity contribution < 1.29 is 26.4 Å². The highest BCUT2D eigenvalue weighted by Gasteiger charge is 2.49. The summed E-state index contributed by atoms with van der Waals surface area (Å²) in [6.07, 6.45) is -0.0515. The number of rotatable bonds is 5. The van der Waals surface area contributed by atoms with E-state index in [9.17, 15) is 26.4 Å². The zero-order chi connectivity index (χ0) is 21.6. The van der Waals surface area contributed by atoms with Crippen LogP contribution in [-0.2, 0) is 14.8 Å². The molecule has 1 aliphatic heterocycles. The molecule has 1 amide bonds. The largest absolute Gasteiger partial charge is 0.338 e. The SMILES string of the molecule is CS(=O)(=O)N[C@H]1CN(C(=O)[C@@H]2C[C@H]2c2ccccc2-c2c(F)cccc2F)C[C@H]1F. The van der Waals surface area contributed by atoms with Crippen LogP contribution in [0.3, 0.4) is 0 Å². The average Bonchev–Trinajstić information content (AvgIpc) is 3.38. The zero-order valence-corrected chi connectivity index (χ0v) is 17.0. The number of hydrogen-bond donors (Lipinski definition) is 1. The first-order valence-electron chi connectivity index (χ1n) is 9.59. The maximum atomic E-state index is 14.3. The van der Waals surface area contributed by atoms with Crippen LogP contribution in [0.15, 0.2) is 42.5 Å². The molecule has 1 saturated heterocycles. The molecule has 0 bridgehead atoms. The van der Waals surface area contributed by atoms with Gasteiger partial charge in [0.25, 0.3) is 0 Å². The lowest BCUT2D eigenvalue weighted by Crippen LogP contribution is -2.41. The van der Waals surface area contributed by atoms with E-state index in [1.807, 2.05) is 0 Å². The van der Waals surface area contributed by atoms with Gasteiger partial charge in [0.15, 0.2) is 0 Å². The van der Waals surface area contributed by atoms with Gasteiger partial charge in [0.2, 0.25) is 15.9 Å². The van der Waals surface area contributed by atoms with E-state index in [2.05, 4.69) is 4.72 Å². The van der Waals surface area contributed by atoms with Crippen LogP contribution < -0.4 is 4.72 Å². The van der Waals surface area contributed by atoms with Gasteiger partial charge in [-0.1, -0.05) is 30.3 Å².